The van der Waals surface area contributed by atoms with E-state index in [-0.39, 0.29) is 35.4 Å². The summed E-state index contributed by atoms with van der Waals surface area (Å²) in [6, 6.07) is 8.30. The van der Waals surface area contributed by atoms with Gasteiger partial charge in [-0.15, -0.1) is 10.2 Å². The zero-order chi connectivity index (χ0) is 39.7. The third-order valence-corrected chi connectivity index (χ3v) is 13.0. The number of likely N-dealkylation sites (tertiary alicyclic amines) is 1. The minimum Gasteiger partial charge on any atom is -0.481 e. The number of piperidine rings is 1. The van der Waals surface area contributed by atoms with Crippen molar-refractivity contribution in [3.63, 3.8) is 0 Å². The van der Waals surface area contributed by atoms with Crippen LogP contribution in [-0.2, 0) is 27.5 Å². The molecule has 1 aliphatic carbocycles. The van der Waals surface area contributed by atoms with Crippen molar-refractivity contribution in [1.29, 1.82) is 0 Å². The van der Waals surface area contributed by atoms with Crippen LogP contribution in [0.1, 0.15) is 84.7 Å². The van der Waals surface area contributed by atoms with Crippen LogP contribution in [0, 0.1) is 26.2 Å². The van der Waals surface area contributed by atoms with E-state index < -0.39 is 51.1 Å². The lowest BCUT2D eigenvalue weighted by molar-refractivity contribution is -0.147. The number of aliphatic carboxylic acids is 1. The Hall–Kier alpha value is -4.35. The van der Waals surface area contributed by atoms with Crippen molar-refractivity contribution in [3.05, 3.63) is 75.7 Å². The molecule has 1 N–H and O–H groups in total. The van der Waals surface area contributed by atoms with Gasteiger partial charge in [0.25, 0.3) is 0 Å². The van der Waals surface area contributed by atoms with Crippen LogP contribution in [0.2, 0.25) is 0 Å². The molecule has 55 heavy (non-hydrogen) atoms. The van der Waals surface area contributed by atoms with Crippen molar-refractivity contribution in [2.24, 2.45) is 5.41 Å². The molecule has 2 aliphatic heterocycles. The van der Waals surface area contributed by atoms with E-state index in [0.29, 0.717) is 79.7 Å². The molecule has 1 saturated carbocycles. The number of rotatable bonds is 10. The van der Waals surface area contributed by atoms with Crippen molar-refractivity contribution in [1.82, 2.24) is 28.8 Å². The molecule has 1 spiro atoms. The van der Waals surface area contributed by atoms with Gasteiger partial charge in [-0.05, 0) is 100 Å². The van der Waals surface area contributed by atoms with Gasteiger partial charge >= 0.3 is 12.1 Å². The van der Waals surface area contributed by atoms with Crippen LogP contribution in [0.25, 0.3) is 5.65 Å². The highest BCUT2D eigenvalue weighted by atomic mass is 32.2. The summed E-state index contributed by atoms with van der Waals surface area (Å²) >= 11 is 0. The van der Waals surface area contributed by atoms with Crippen molar-refractivity contribution in [2.45, 2.75) is 95.6 Å². The van der Waals surface area contributed by atoms with Crippen molar-refractivity contribution in [3.8, 4) is 11.8 Å². The number of benzene rings is 1. The number of carbonyl (C=O) groups is 1. The zero-order valence-electron chi connectivity index (χ0n) is 31.3. The predicted molar refractivity (Wildman–Crippen MR) is 192 cm³/mol. The van der Waals surface area contributed by atoms with Gasteiger partial charge in [0.1, 0.15) is 23.3 Å². The standard InChI is InChI=1S/C38H44F4N6O6S/c1-22-6-7-25(30(36(4,5)35(49)50)28-10-15-48-31(24(28)3)44-45-34(48)38(40,41)42)19-26(22)20-47-21-37(11-12-37)54-33-29(55(47,51)52)18-23(2)32(43-33)53-17-16-46-13-8-27(39)9-14-46/h6-7,10,15,18-19,27,30H,8-9,11-14,16-17,20-21H2,1-5H3,(H,49,50). The number of hydrogen-bond donors (Lipinski definition) is 1. The normalized spacial score (nSPS) is 19.5. The van der Waals surface area contributed by atoms with E-state index in [4.69, 9.17) is 9.47 Å². The Balaban J connectivity index is 1.21. The SMILES string of the molecule is Cc1ccc(C(c2ccn3c(C(F)(F)F)nnc3c2C)C(C)(C)C(=O)O)cc1CN1CC2(CC2)Oc2nc(OCCN3CCC(F)CC3)c(C)cc2S1(=O)=O. The lowest BCUT2D eigenvalue weighted by Crippen LogP contribution is -2.38. The number of aryl methyl sites for hydroxylation is 3. The maximum atomic E-state index is 14.5. The molecular weight excluding hydrogens is 745 g/mol. The van der Waals surface area contributed by atoms with Gasteiger partial charge in [-0.25, -0.2) is 12.8 Å². The number of sulfonamides is 1. The summed E-state index contributed by atoms with van der Waals surface area (Å²) in [6.45, 7) is 10.4. The zero-order valence-corrected chi connectivity index (χ0v) is 32.1. The Kier molecular flexibility index (Phi) is 9.90. The van der Waals surface area contributed by atoms with Gasteiger partial charge in [0.2, 0.25) is 27.6 Å². The molecule has 3 aromatic heterocycles. The summed E-state index contributed by atoms with van der Waals surface area (Å²) in [7, 11) is -4.17. The maximum absolute atomic E-state index is 14.5. The van der Waals surface area contributed by atoms with E-state index in [2.05, 4.69) is 20.1 Å². The minimum absolute atomic E-state index is 0.0272. The van der Waals surface area contributed by atoms with Crippen molar-refractivity contribution >= 4 is 21.6 Å². The number of halogens is 4. The third kappa shape index (κ3) is 7.37. The topological polar surface area (TPSA) is 139 Å². The fraction of sp³-hybridized carbons (Fsp3) is 0.526. The first-order valence-electron chi connectivity index (χ1n) is 18.2. The smallest absolute Gasteiger partial charge is 0.452 e. The van der Waals surface area contributed by atoms with Gasteiger partial charge in [0.15, 0.2) is 5.65 Å². The maximum Gasteiger partial charge on any atom is 0.452 e. The number of carboxylic acids is 1. The molecule has 1 unspecified atom stereocenters. The van der Waals surface area contributed by atoms with Crippen molar-refractivity contribution in [2.75, 3.05) is 32.8 Å². The molecular formula is C38H44F4N6O6S. The third-order valence-electron chi connectivity index (χ3n) is 11.2. The molecule has 2 fully saturated rings. The Morgan fingerprint density at radius 2 is 1.78 bits per heavy atom. The Bertz CT molecular complexity index is 2250. The van der Waals surface area contributed by atoms with Gasteiger partial charge in [-0.2, -0.15) is 22.5 Å². The first kappa shape index (κ1) is 38.9. The lowest BCUT2D eigenvalue weighted by Gasteiger charge is -2.33. The van der Waals surface area contributed by atoms with Gasteiger partial charge in [-0.1, -0.05) is 18.2 Å². The highest BCUT2D eigenvalue weighted by molar-refractivity contribution is 7.89. The number of aromatic nitrogens is 4. The summed E-state index contributed by atoms with van der Waals surface area (Å²) in [4.78, 5) is 19.4. The van der Waals surface area contributed by atoms with Crippen LogP contribution >= 0.6 is 0 Å². The second-order valence-electron chi connectivity index (χ2n) is 15.6. The van der Waals surface area contributed by atoms with E-state index in [1.165, 1.54) is 22.6 Å². The summed E-state index contributed by atoms with van der Waals surface area (Å²) in [6.07, 6.45) is -2.13. The summed E-state index contributed by atoms with van der Waals surface area (Å²) in [5.74, 6) is -2.96. The van der Waals surface area contributed by atoms with Gasteiger partial charge < -0.3 is 14.6 Å². The molecule has 17 heteroatoms. The number of ether oxygens (including phenoxy) is 2. The number of pyridine rings is 2. The largest absolute Gasteiger partial charge is 0.481 e. The number of nitrogens with zero attached hydrogens (tertiary/aromatic N) is 6. The van der Waals surface area contributed by atoms with Crippen LogP contribution < -0.4 is 9.47 Å². The molecule has 1 atom stereocenters. The average Bonchev–Trinajstić information content (AvgIpc) is 3.72. The monoisotopic (exact) mass is 788 g/mol. The van der Waals surface area contributed by atoms with Gasteiger partial charge in [-0.3, -0.25) is 14.1 Å². The molecule has 1 aromatic carbocycles. The van der Waals surface area contributed by atoms with Crippen molar-refractivity contribution < 1.29 is 45.4 Å². The summed E-state index contributed by atoms with van der Waals surface area (Å²) < 4.78 is 98.0. The average molecular weight is 789 g/mol. The fourth-order valence-corrected chi connectivity index (χ4v) is 9.25. The van der Waals surface area contributed by atoms with E-state index in [1.54, 1.807) is 45.9 Å². The number of fused-ring (bicyclic) bond motifs is 2. The summed E-state index contributed by atoms with van der Waals surface area (Å²) in [5.41, 5.74) is 0.907. The highest BCUT2D eigenvalue weighted by Crippen LogP contribution is 2.48. The molecule has 0 amide bonds. The fourth-order valence-electron chi connectivity index (χ4n) is 7.62. The van der Waals surface area contributed by atoms with Crippen LogP contribution in [0.5, 0.6) is 11.8 Å². The molecule has 12 nitrogen and oxygen atoms in total. The Labute approximate surface area is 316 Å². The second-order valence-corrected chi connectivity index (χ2v) is 17.5. The molecule has 0 bridgehead atoms. The lowest BCUT2D eigenvalue weighted by atomic mass is 9.70. The first-order valence-corrected chi connectivity index (χ1v) is 19.7. The van der Waals surface area contributed by atoms with Crippen LogP contribution in [0.4, 0.5) is 17.6 Å². The Morgan fingerprint density at radius 1 is 1.07 bits per heavy atom. The highest BCUT2D eigenvalue weighted by Gasteiger charge is 2.53. The molecule has 7 rings (SSSR count). The quantitative estimate of drug-likeness (QED) is 0.184. The molecule has 3 aliphatic rings. The molecule has 5 heterocycles. The number of hydrogen-bond acceptors (Lipinski definition) is 9. The van der Waals surface area contributed by atoms with Gasteiger partial charge in [0, 0.05) is 43.9 Å². The van der Waals surface area contributed by atoms with E-state index in [1.807, 2.05) is 6.92 Å². The minimum atomic E-state index is -4.75. The number of alkyl halides is 4. The predicted octanol–water partition coefficient (Wildman–Crippen LogP) is 6.24. The van der Waals surface area contributed by atoms with Gasteiger partial charge in [0.05, 0.1) is 12.0 Å². The Morgan fingerprint density at radius 3 is 2.44 bits per heavy atom. The van der Waals surface area contributed by atoms with Crippen LogP contribution in [0.3, 0.4) is 0 Å². The molecule has 4 aromatic rings. The van der Waals surface area contributed by atoms with E-state index in [0.717, 1.165) is 9.96 Å². The van der Waals surface area contributed by atoms with Crippen LogP contribution in [-0.4, -0.2) is 92.8 Å². The van der Waals surface area contributed by atoms with E-state index in [9.17, 15) is 35.9 Å². The van der Waals surface area contributed by atoms with E-state index >= 15 is 0 Å². The molecule has 0 radical (unpaired) electrons. The van der Waals surface area contributed by atoms with Crippen LogP contribution in [0.15, 0.2) is 41.4 Å². The summed E-state index contributed by atoms with van der Waals surface area (Å²) in [5, 5.41) is 17.6. The molecule has 1 saturated heterocycles. The second kappa shape index (κ2) is 14.0. The molecule has 296 valence electrons. The first-order chi connectivity index (χ1) is 25.8. The number of carboxylic acid groups (broad SMARTS) is 1.